The Morgan fingerprint density at radius 1 is 1.00 bits per heavy atom. The second-order valence-electron chi connectivity index (χ2n) is 5.13. The van der Waals surface area contributed by atoms with Gasteiger partial charge < -0.3 is 15.4 Å². The van der Waals surface area contributed by atoms with E-state index in [1.165, 1.54) is 0 Å². The number of nitrogens with zero attached hydrogens (tertiary/aromatic N) is 2. The second kappa shape index (κ2) is 7.76. The predicted molar refractivity (Wildman–Crippen MR) is 100 cm³/mol. The standard InChI is InChI=1S/C18H15BrN4O2/c1-25-15-7-3-6-14(11-15)21-18(24)16-8-9-17(23-22-16)20-13-5-2-4-12(19)10-13/h2-11H,1H3,(H,20,23)(H,21,24). The number of hydrogen-bond donors (Lipinski definition) is 2. The van der Waals surface area contributed by atoms with E-state index in [0.717, 1.165) is 10.2 Å². The highest BCUT2D eigenvalue weighted by Gasteiger charge is 2.09. The molecule has 126 valence electrons. The zero-order chi connectivity index (χ0) is 17.6. The monoisotopic (exact) mass is 398 g/mol. The Labute approximate surface area is 153 Å². The van der Waals surface area contributed by atoms with Crippen molar-refractivity contribution in [3.8, 4) is 5.75 Å². The van der Waals surface area contributed by atoms with Crippen LogP contribution in [0.3, 0.4) is 0 Å². The van der Waals surface area contributed by atoms with Gasteiger partial charge in [-0.05, 0) is 42.5 Å². The molecule has 0 aliphatic heterocycles. The van der Waals surface area contributed by atoms with Crippen LogP contribution in [-0.4, -0.2) is 23.2 Å². The topological polar surface area (TPSA) is 76.1 Å². The van der Waals surface area contributed by atoms with Crippen LogP contribution in [0.4, 0.5) is 17.2 Å². The van der Waals surface area contributed by atoms with E-state index in [1.807, 2.05) is 24.3 Å². The molecule has 0 saturated heterocycles. The lowest BCUT2D eigenvalue weighted by Gasteiger charge is -2.08. The van der Waals surface area contributed by atoms with Gasteiger partial charge in [0, 0.05) is 21.9 Å². The van der Waals surface area contributed by atoms with E-state index in [1.54, 1.807) is 43.5 Å². The van der Waals surface area contributed by atoms with Crippen LogP contribution in [0, 0.1) is 0 Å². The van der Waals surface area contributed by atoms with Gasteiger partial charge in [-0.1, -0.05) is 28.1 Å². The van der Waals surface area contributed by atoms with Crippen LogP contribution in [-0.2, 0) is 0 Å². The summed E-state index contributed by atoms with van der Waals surface area (Å²) >= 11 is 3.41. The van der Waals surface area contributed by atoms with Gasteiger partial charge in [0.1, 0.15) is 5.75 Å². The smallest absolute Gasteiger partial charge is 0.276 e. The molecular formula is C18H15BrN4O2. The van der Waals surface area contributed by atoms with Crippen LogP contribution >= 0.6 is 15.9 Å². The first kappa shape index (κ1) is 16.9. The summed E-state index contributed by atoms with van der Waals surface area (Å²) < 4.78 is 6.09. The zero-order valence-electron chi connectivity index (χ0n) is 13.4. The number of ether oxygens (including phenoxy) is 1. The molecule has 2 aromatic carbocycles. The summed E-state index contributed by atoms with van der Waals surface area (Å²) in [5, 5.41) is 13.9. The van der Waals surface area contributed by atoms with Gasteiger partial charge in [0.25, 0.3) is 5.91 Å². The number of benzene rings is 2. The maximum atomic E-state index is 12.2. The second-order valence-corrected chi connectivity index (χ2v) is 6.04. The van der Waals surface area contributed by atoms with Crippen LogP contribution in [0.25, 0.3) is 0 Å². The Kier molecular flexibility index (Phi) is 5.25. The van der Waals surface area contributed by atoms with Crippen molar-refractivity contribution in [2.24, 2.45) is 0 Å². The molecule has 2 N–H and O–H groups in total. The molecule has 3 aromatic rings. The summed E-state index contributed by atoms with van der Waals surface area (Å²) in [6.07, 6.45) is 0. The van der Waals surface area contributed by atoms with E-state index in [9.17, 15) is 4.79 Å². The number of methoxy groups -OCH3 is 1. The SMILES string of the molecule is COc1cccc(NC(=O)c2ccc(Nc3cccc(Br)c3)nn2)c1. The molecule has 0 aliphatic carbocycles. The van der Waals surface area contributed by atoms with E-state index >= 15 is 0 Å². The summed E-state index contributed by atoms with van der Waals surface area (Å²) in [5.41, 5.74) is 1.72. The number of carbonyl (C=O) groups excluding carboxylic acids is 1. The van der Waals surface area contributed by atoms with Gasteiger partial charge in [0.2, 0.25) is 0 Å². The highest BCUT2D eigenvalue weighted by Crippen LogP contribution is 2.20. The van der Waals surface area contributed by atoms with Crippen molar-refractivity contribution in [1.82, 2.24) is 10.2 Å². The van der Waals surface area contributed by atoms with Gasteiger partial charge >= 0.3 is 0 Å². The minimum atomic E-state index is -0.338. The number of nitrogens with one attached hydrogen (secondary N) is 2. The molecular weight excluding hydrogens is 384 g/mol. The molecule has 1 aromatic heterocycles. The molecule has 0 radical (unpaired) electrons. The fourth-order valence-electron chi connectivity index (χ4n) is 2.13. The maximum absolute atomic E-state index is 12.2. The minimum absolute atomic E-state index is 0.225. The van der Waals surface area contributed by atoms with Crippen molar-refractivity contribution < 1.29 is 9.53 Å². The molecule has 0 aliphatic rings. The number of carbonyl (C=O) groups is 1. The van der Waals surface area contributed by atoms with Gasteiger partial charge in [0.05, 0.1) is 7.11 Å². The van der Waals surface area contributed by atoms with Gasteiger partial charge in [0.15, 0.2) is 11.5 Å². The molecule has 6 nitrogen and oxygen atoms in total. The Morgan fingerprint density at radius 3 is 2.52 bits per heavy atom. The van der Waals surface area contributed by atoms with Gasteiger partial charge in [-0.25, -0.2) is 0 Å². The average Bonchev–Trinajstić information content (AvgIpc) is 2.62. The summed E-state index contributed by atoms with van der Waals surface area (Å²) in [6.45, 7) is 0. The summed E-state index contributed by atoms with van der Waals surface area (Å²) in [5.74, 6) is 0.878. The quantitative estimate of drug-likeness (QED) is 0.671. The fourth-order valence-corrected chi connectivity index (χ4v) is 2.53. The maximum Gasteiger partial charge on any atom is 0.276 e. The Hall–Kier alpha value is -2.93. The minimum Gasteiger partial charge on any atom is -0.497 e. The summed E-state index contributed by atoms with van der Waals surface area (Å²) in [4.78, 5) is 12.2. The largest absolute Gasteiger partial charge is 0.497 e. The number of amides is 1. The lowest BCUT2D eigenvalue weighted by atomic mass is 10.3. The molecule has 0 atom stereocenters. The van der Waals surface area contributed by atoms with Crippen molar-refractivity contribution in [2.45, 2.75) is 0 Å². The Balaban J connectivity index is 1.67. The van der Waals surface area contributed by atoms with E-state index in [2.05, 4.69) is 36.8 Å². The lowest BCUT2D eigenvalue weighted by Crippen LogP contribution is -2.14. The van der Waals surface area contributed by atoms with Crippen molar-refractivity contribution in [2.75, 3.05) is 17.7 Å². The third-order valence-corrected chi connectivity index (χ3v) is 3.82. The van der Waals surface area contributed by atoms with E-state index in [-0.39, 0.29) is 11.6 Å². The number of anilines is 3. The van der Waals surface area contributed by atoms with Crippen LogP contribution in [0.5, 0.6) is 5.75 Å². The van der Waals surface area contributed by atoms with Crippen molar-refractivity contribution >= 4 is 39.0 Å². The first-order chi connectivity index (χ1) is 12.1. The van der Waals surface area contributed by atoms with Crippen LogP contribution in [0.2, 0.25) is 0 Å². The van der Waals surface area contributed by atoms with Gasteiger partial charge in [-0.2, -0.15) is 0 Å². The van der Waals surface area contributed by atoms with E-state index < -0.39 is 0 Å². The highest BCUT2D eigenvalue weighted by atomic mass is 79.9. The van der Waals surface area contributed by atoms with E-state index in [4.69, 9.17) is 4.74 Å². The zero-order valence-corrected chi connectivity index (χ0v) is 14.9. The van der Waals surface area contributed by atoms with Crippen LogP contribution in [0.15, 0.2) is 65.1 Å². The summed E-state index contributed by atoms with van der Waals surface area (Å²) in [6, 6.07) is 18.1. The van der Waals surface area contributed by atoms with Gasteiger partial charge in [-0.15, -0.1) is 10.2 Å². The number of aromatic nitrogens is 2. The van der Waals surface area contributed by atoms with E-state index in [0.29, 0.717) is 17.3 Å². The third-order valence-electron chi connectivity index (χ3n) is 3.32. The third kappa shape index (κ3) is 4.54. The Morgan fingerprint density at radius 2 is 1.80 bits per heavy atom. The molecule has 7 heteroatoms. The molecule has 0 bridgehead atoms. The number of halogens is 1. The highest BCUT2D eigenvalue weighted by molar-refractivity contribution is 9.10. The van der Waals surface area contributed by atoms with Crippen molar-refractivity contribution in [1.29, 1.82) is 0 Å². The number of rotatable bonds is 5. The predicted octanol–water partition coefficient (Wildman–Crippen LogP) is 4.24. The normalized spacial score (nSPS) is 10.2. The molecule has 25 heavy (non-hydrogen) atoms. The van der Waals surface area contributed by atoms with Crippen molar-refractivity contribution in [3.63, 3.8) is 0 Å². The molecule has 3 rings (SSSR count). The lowest BCUT2D eigenvalue weighted by molar-refractivity contribution is 0.102. The van der Waals surface area contributed by atoms with Gasteiger partial charge in [-0.3, -0.25) is 4.79 Å². The average molecular weight is 399 g/mol. The first-order valence-electron chi connectivity index (χ1n) is 7.46. The first-order valence-corrected chi connectivity index (χ1v) is 8.25. The molecule has 1 heterocycles. The molecule has 0 unspecified atom stereocenters. The summed E-state index contributed by atoms with van der Waals surface area (Å²) in [7, 11) is 1.57. The van der Waals surface area contributed by atoms with Crippen molar-refractivity contribution in [3.05, 3.63) is 70.8 Å². The number of hydrogen-bond acceptors (Lipinski definition) is 5. The Bertz CT molecular complexity index is 884. The van der Waals surface area contributed by atoms with Crippen LogP contribution in [0.1, 0.15) is 10.5 Å². The molecule has 1 amide bonds. The molecule has 0 fully saturated rings. The fraction of sp³-hybridized carbons (Fsp3) is 0.0556. The molecule has 0 saturated carbocycles. The molecule has 0 spiro atoms. The van der Waals surface area contributed by atoms with Crippen LogP contribution < -0.4 is 15.4 Å².